The zero-order valence-corrected chi connectivity index (χ0v) is 17.6. The number of sulfonamides is 1. The van der Waals surface area contributed by atoms with E-state index in [4.69, 9.17) is 4.42 Å². The maximum Gasteiger partial charge on any atom is 0.243 e. The fourth-order valence-corrected chi connectivity index (χ4v) is 4.95. The summed E-state index contributed by atoms with van der Waals surface area (Å²) in [6.07, 6.45) is 2.35. The van der Waals surface area contributed by atoms with Gasteiger partial charge in [0.05, 0.1) is 10.8 Å². The molecule has 0 radical (unpaired) electrons. The van der Waals surface area contributed by atoms with Crippen LogP contribution in [0.4, 0.5) is 0 Å². The summed E-state index contributed by atoms with van der Waals surface area (Å²) in [5.74, 6) is 1.11. The molecule has 1 aromatic heterocycles. The van der Waals surface area contributed by atoms with E-state index in [1.165, 1.54) is 0 Å². The summed E-state index contributed by atoms with van der Waals surface area (Å²) in [7, 11) is -3.52. The van der Waals surface area contributed by atoms with Crippen molar-refractivity contribution in [3.05, 3.63) is 41.1 Å². The van der Waals surface area contributed by atoms with E-state index in [0.29, 0.717) is 36.2 Å². The van der Waals surface area contributed by atoms with Gasteiger partial charge in [-0.05, 0) is 55.4 Å². The molecule has 0 saturated carbocycles. The lowest BCUT2D eigenvalue weighted by molar-refractivity contribution is 0.274. The average Bonchev–Trinajstić information content (AvgIpc) is 3.04. The molecule has 6 nitrogen and oxygen atoms in total. The molecule has 0 aliphatic carbocycles. The Hall–Kier alpha value is -1.73. The van der Waals surface area contributed by atoms with Gasteiger partial charge in [0.15, 0.2) is 0 Å². The Morgan fingerprint density at radius 2 is 1.93 bits per heavy atom. The molecule has 148 valence electrons. The summed E-state index contributed by atoms with van der Waals surface area (Å²) in [6, 6.07) is 5.30. The van der Waals surface area contributed by atoms with Gasteiger partial charge in [-0.25, -0.2) is 8.42 Å². The number of rotatable bonds is 4. The third-order valence-corrected chi connectivity index (χ3v) is 6.87. The zero-order chi connectivity index (χ0) is 19.8. The predicted molar refractivity (Wildman–Crippen MR) is 104 cm³/mol. The third kappa shape index (κ3) is 4.58. The van der Waals surface area contributed by atoms with E-state index >= 15 is 0 Å². The third-order valence-electron chi connectivity index (χ3n) is 5.01. The van der Waals surface area contributed by atoms with Crippen molar-refractivity contribution in [3.63, 3.8) is 0 Å². The van der Waals surface area contributed by atoms with Crippen molar-refractivity contribution in [1.82, 2.24) is 14.5 Å². The van der Waals surface area contributed by atoms with Crippen LogP contribution < -0.4 is 0 Å². The van der Waals surface area contributed by atoms with Crippen molar-refractivity contribution in [2.75, 3.05) is 13.1 Å². The van der Waals surface area contributed by atoms with E-state index in [1.54, 1.807) is 16.4 Å². The second-order valence-corrected chi connectivity index (χ2v) is 10.7. The minimum Gasteiger partial charge on any atom is -0.425 e. The Kier molecular flexibility index (Phi) is 5.45. The second-order valence-electron chi connectivity index (χ2n) is 8.72. The molecule has 7 heteroatoms. The molecule has 0 bridgehead atoms. The monoisotopic (exact) mass is 391 g/mol. The first-order chi connectivity index (χ1) is 12.6. The van der Waals surface area contributed by atoms with E-state index in [9.17, 15) is 8.42 Å². The van der Waals surface area contributed by atoms with Crippen molar-refractivity contribution in [2.24, 2.45) is 5.41 Å². The van der Waals surface area contributed by atoms with Crippen LogP contribution in [0, 0.1) is 19.3 Å². The van der Waals surface area contributed by atoms with Gasteiger partial charge in [-0.3, -0.25) is 0 Å². The molecule has 0 unspecified atom stereocenters. The first kappa shape index (κ1) is 20.0. The number of benzene rings is 1. The van der Waals surface area contributed by atoms with Gasteiger partial charge in [0, 0.05) is 19.5 Å². The Morgan fingerprint density at radius 1 is 1.19 bits per heavy atom. The van der Waals surface area contributed by atoms with E-state index in [-0.39, 0.29) is 11.3 Å². The smallest absolute Gasteiger partial charge is 0.243 e. The molecule has 0 spiro atoms. The highest BCUT2D eigenvalue weighted by atomic mass is 32.2. The van der Waals surface area contributed by atoms with Gasteiger partial charge in [0.1, 0.15) is 0 Å². The molecule has 27 heavy (non-hydrogen) atoms. The maximum atomic E-state index is 13.1. The van der Waals surface area contributed by atoms with Crippen LogP contribution in [0.2, 0.25) is 0 Å². The first-order valence-corrected chi connectivity index (χ1v) is 10.9. The molecular formula is C20H29N3O3S. The quantitative estimate of drug-likeness (QED) is 0.791. The normalized spacial score (nSPS) is 19.4. The maximum absolute atomic E-state index is 13.1. The lowest BCUT2D eigenvalue weighted by atomic mass is 9.92. The van der Waals surface area contributed by atoms with Crippen molar-refractivity contribution in [2.45, 2.75) is 64.7 Å². The lowest BCUT2D eigenvalue weighted by Gasteiger charge is -2.30. The summed E-state index contributed by atoms with van der Waals surface area (Å²) in [4.78, 5) is 0.352. The minimum absolute atomic E-state index is 0.0544. The molecule has 1 saturated heterocycles. The number of hydrogen-bond acceptors (Lipinski definition) is 5. The van der Waals surface area contributed by atoms with Gasteiger partial charge in [-0.2, -0.15) is 4.31 Å². The number of piperidine rings is 1. The topological polar surface area (TPSA) is 76.3 Å². The lowest BCUT2D eigenvalue weighted by Crippen LogP contribution is -2.39. The standard InChI is InChI=1S/C20H29N3O3S/c1-14-8-9-17(11-15(14)2)27(24,25)23-10-6-7-16(13-23)19-22-21-18(26-19)12-20(3,4)5/h8-9,11,16H,6-7,10,12-13H2,1-5H3/t16-/m1/s1. The molecule has 1 aromatic carbocycles. The van der Waals surface area contributed by atoms with Crippen LogP contribution in [-0.2, 0) is 16.4 Å². The Morgan fingerprint density at radius 3 is 2.59 bits per heavy atom. The summed E-state index contributed by atoms with van der Waals surface area (Å²) in [5.41, 5.74) is 2.13. The predicted octanol–water partition coefficient (Wildman–Crippen LogP) is 3.84. The van der Waals surface area contributed by atoms with Gasteiger partial charge in [-0.15, -0.1) is 10.2 Å². The number of aromatic nitrogens is 2. The minimum atomic E-state index is -3.52. The SMILES string of the molecule is Cc1ccc(S(=O)(=O)N2CCC[C@@H](c3nnc(CC(C)(C)C)o3)C2)cc1C. The highest BCUT2D eigenvalue weighted by Gasteiger charge is 2.33. The molecule has 2 heterocycles. The van der Waals surface area contributed by atoms with Crippen LogP contribution in [-0.4, -0.2) is 36.0 Å². The summed E-state index contributed by atoms with van der Waals surface area (Å²) in [6.45, 7) is 11.2. The van der Waals surface area contributed by atoms with Gasteiger partial charge in [-0.1, -0.05) is 26.8 Å². The number of nitrogens with zero attached hydrogens (tertiary/aromatic N) is 3. The van der Waals surface area contributed by atoms with Crippen LogP contribution in [0.3, 0.4) is 0 Å². The fraction of sp³-hybridized carbons (Fsp3) is 0.600. The van der Waals surface area contributed by atoms with Crippen LogP contribution >= 0.6 is 0 Å². The summed E-state index contributed by atoms with van der Waals surface area (Å²) in [5, 5.41) is 8.36. The van der Waals surface area contributed by atoms with E-state index in [2.05, 4.69) is 31.0 Å². The fourth-order valence-electron chi connectivity index (χ4n) is 3.34. The zero-order valence-electron chi connectivity index (χ0n) is 16.8. The largest absolute Gasteiger partial charge is 0.425 e. The highest BCUT2D eigenvalue weighted by molar-refractivity contribution is 7.89. The summed E-state index contributed by atoms with van der Waals surface area (Å²) < 4.78 is 33.6. The van der Waals surface area contributed by atoms with E-state index in [0.717, 1.165) is 24.0 Å². The van der Waals surface area contributed by atoms with Crippen molar-refractivity contribution in [1.29, 1.82) is 0 Å². The molecule has 0 amide bonds. The Bertz CT molecular complexity index is 913. The van der Waals surface area contributed by atoms with Gasteiger partial charge < -0.3 is 4.42 Å². The summed E-state index contributed by atoms with van der Waals surface area (Å²) >= 11 is 0. The molecular weight excluding hydrogens is 362 g/mol. The molecule has 1 aliphatic rings. The average molecular weight is 392 g/mol. The van der Waals surface area contributed by atoms with Crippen LogP contribution in [0.1, 0.15) is 62.4 Å². The first-order valence-electron chi connectivity index (χ1n) is 9.46. The van der Waals surface area contributed by atoms with Crippen LogP contribution in [0.15, 0.2) is 27.5 Å². The molecule has 0 N–H and O–H groups in total. The van der Waals surface area contributed by atoms with Gasteiger partial charge in [0.2, 0.25) is 21.8 Å². The molecule has 1 atom stereocenters. The van der Waals surface area contributed by atoms with Gasteiger partial charge >= 0.3 is 0 Å². The number of hydrogen-bond donors (Lipinski definition) is 0. The van der Waals surface area contributed by atoms with E-state index < -0.39 is 10.0 Å². The Labute approximate surface area is 162 Å². The van der Waals surface area contributed by atoms with Crippen molar-refractivity contribution < 1.29 is 12.8 Å². The highest BCUT2D eigenvalue weighted by Crippen LogP contribution is 2.31. The van der Waals surface area contributed by atoms with Crippen LogP contribution in [0.5, 0.6) is 0 Å². The van der Waals surface area contributed by atoms with E-state index in [1.807, 2.05) is 19.9 Å². The molecule has 3 rings (SSSR count). The molecule has 2 aromatic rings. The van der Waals surface area contributed by atoms with Crippen molar-refractivity contribution >= 4 is 10.0 Å². The second kappa shape index (κ2) is 7.36. The van der Waals surface area contributed by atoms with Crippen LogP contribution in [0.25, 0.3) is 0 Å². The Balaban J connectivity index is 1.78. The van der Waals surface area contributed by atoms with Gasteiger partial charge in [0.25, 0.3) is 0 Å². The molecule has 1 aliphatic heterocycles. The van der Waals surface area contributed by atoms with Crippen molar-refractivity contribution in [3.8, 4) is 0 Å². The molecule has 1 fully saturated rings. The number of aryl methyl sites for hydroxylation is 2.